The molecule has 0 bridgehead atoms. The molecule has 0 atom stereocenters. The van der Waals surface area contributed by atoms with E-state index in [2.05, 4.69) is 21.3 Å². The topological polar surface area (TPSA) is 84.2 Å². The zero-order chi connectivity index (χ0) is 14.3. The van der Waals surface area contributed by atoms with Crippen molar-refractivity contribution < 1.29 is 8.42 Å². The third-order valence-electron chi connectivity index (χ3n) is 2.19. The predicted molar refractivity (Wildman–Crippen MR) is 76.4 cm³/mol. The van der Waals surface area contributed by atoms with Gasteiger partial charge in [0.15, 0.2) is 0 Å². The van der Waals surface area contributed by atoms with Crippen LogP contribution in [0.1, 0.15) is 25.0 Å². The fraction of sp³-hybridized carbons (Fsp3) is 0.385. The molecule has 1 rings (SSSR count). The van der Waals surface area contributed by atoms with Crippen molar-refractivity contribution in [3.8, 4) is 11.8 Å². The Hall–Kier alpha value is -1.39. The van der Waals surface area contributed by atoms with Crippen LogP contribution in [0.15, 0.2) is 24.3 Å². The molecule has 1 aromatic rings. The van der Waals surface area contributed by atoms with Crippen molar-refractivity contribution >= 4 is 10.2 Å². The van der Waals surface area contributed by atoms with Gasteiger partial charge in [-0.2, -0.15) is 17.9 Å². The molecule has 1 aromatic carbocycles. The van der Waals surface area contributed by atoms with Gasteiger partial charge in [0.2, 0.25) is 0 Å². The number of nitrogens with one attached hydrogen (secondary N) is 2. The van der Waals surface area contributed by atoms with Crippen molar-refractivity contribution in [1.82, 2.24) is 9.44 Å². The first-order valence-corrected chi connectivity index (χ1v) is 7.46. The summed E-state index contributed by atoms with van der Waals surface area (Å²) in [5, 5.41) is 0. The summed E-state index contributed by atoms with van der Waals surface area (Å²) in [7, 11) is -3.49. The summed E-state index contributed by atoms with van der Waals surface area (Å²) in [6.07, 6.45) is 0. The summed E-state index contributed by atoms with van der Waals surface area (Å²) in [6.45, 7) is 3.99. The summed E-state index contributed by atoms with van der Waals surface area (Å²) < 4.78 is 28.3. The molecule has 0 saturated carbocycles. The number of hydrogen-bond acceptors (Lipinski definition) is 3. The Labute approximate surface area is 114 Å². The van der Waals surface area contributed by atoms with Crippen molar-refractivity contribution in [1.29, 1.82) is 0 Å². The number of benzene rings is 1. The molecule has 4 N–H and O–H groups in total. The van der Waals surface area contributed by atoms with Gasteiger partial charge in [-0.25, -0.2) is 0 Å². The molecule has 0 unspecified atom stereocenters. The lowest BCUT2D eigenvalue weighted by Gasteiger charge is -2.11. The van der Waals surface area contributed by atoms with Gasteiger partial charge in [0.1, 0.15) is 0 Å². The maximum absolute atomic E-state index is 11.7. The summed E-state index contributed by atoms with van der Waals surface area (Å²) >= 11 is 0. The average molecular weight is 281 g/mol. The highest BCUT2D eigenvalue weighted by Crippen LogP contribution is 2.07. The highest BCUT2D eigenvalue weighted by molar-refractivity contribution is 7.87. The molecule has 0 aliphatic carbocycles. The van der Waals surface area contributed by atoms with E-state index < -0.39 is 10.2 Å². The molecule has 0 saturated heterocycles. The van der Waals surface area contributed by atoms with E-state index >= 15 is 0 Å². The molecule has 5 nitrogen and oxygen atoms in total. The SMILES string of the molecule is CC(C)NS(=O)(=O)NCc1ccccc1C#CCN. The van der Waals surface area contributed by atoms with Crippen LogP contribution in [0.4, 0.5) is 0 Å². The summed E-state index contributed by atoms with van der Waals surface area (Å²) in [6, 6.07) is 7.21. The maximum atomic E-state index is 11.7. The van der Waals surface area contributed by atoms with Gasteiger partial charge in [0.05, 0.1) is 6.54 Å². The van der Waals surface area contributed by atoms with Crippen molar-refractivity contribution in [3.05, 3.63) is 35.4 Å². The first-order valence-electron chi connectivity index (χ1n) is 5.98. The van der Waals surface area contributed by atoms with Crippen LogP contribution in [0, 0.1) is 11.8 Å². The first-order chi connectivity index (χ1) is 8.94. The van der Waals surface area contributed by atoms with E-state index in [0.717, 1.165) is 11.1 Å². The van der Waals surface area contributed by atoms with Crippen molar-refractivity contribution in [2.45, 2.75) is 26.4 Å². The van der Waals surface area contributed by atoms with Gasteiger partial charge < -0.3 is 5.73 Å². The van der Waals surface area contributed by atoms with Gasteiger partial charge in [-0.15, -0.1) is 0 Å². The quantitative estimate of drug-likeness (QED) is 0.680. The zero-order valence-corrected chi connectivity index (χ0v) is 11.9. The third kappa shape index (κ3) is 5.85. The number of rotatable bonds is 5. The van der Waals surface area contributed by atoms with E-state index in [1.54, 1.807) is 13.8 Å². The highest BCUT2D eigenvalue weighted by atomic mass is 32.2. The maximum Gasteiger partial charge on any atom is 0.277 e. The smallest absolute Gasteiger partial charge is 0.277 e. The van der Waals surface area contributed by atoms with Gasteiger partial charge >= 0.3 is 0 Å². The molecule has 19 heavy (non-hydrogen) atoms. The molecular formula is C13H19N3O2S. The largest absolute Gasteiger partial charge is 0.320 e. The highest BCUT2D eigenvalue weighted by Gasteiger charge is 2.11. The molecule has 104 valence electrons. The Kier molecular flexibility index (Phi) is 5.99. The summed E-state index contributed by atoms with van der Waals surface area (Å²) in [5.74, 6) is 5.68. The fourth-order valence-corrected chi connectivity index (χ4v) is 2.52. The Bertz CT molecular complexity index is 571. The molecule has 0 heterocycles. The molecule has 0 aromatic heterocycles. The van der Waals surface area contributed by atoms with Crippen LogP contribution >= 0.6 is 0 Å². The van der Waals surface area contributed by atoms with Crippen LogP contribution < -0.4 is 15.2 Å². The number of hydrogen-bond donors (Lipinski definition) is 3. The minimum absolute atomic E-state index is 0.148. The first kappa shape index (κ1) is 15.7. The van der Waals surface area contributed by atoms with E-state index in [1.807, 2.05) is 24.3 Å². The van der Waals surface area contributed by atoms with E-state index in [1.165, 1.54) is 0 Å². The van der Waals surface area contributed by atoms with Crippen LogP contribution in [-0.4, -0.2) is 21.0 Å². The Morgan fingerprint density at radius 3 is 2.63 bits per heavy atom. The molecule has 0 spiro atoms. The van der Waals surface area contributed by atoms with E-state index in [0.29, 0.717) is 0 Å². The Balaban J connectivity index is 2.78. The molecule has 0 fully saturated rings. The van der Waals surface area contributed by atoms with Gasteiger partial charge in [-0.05, 0) is 25.5 Å². The van der Waals surface area contributed by atoms with E-state index in [-0.39, 0.29) is 19.1 Å². The lowest BCUT2D eigenvalue weighted by Crippen LogP contribution is -2.39. The second-order valence-electron chi connectivity index (χ2n) is 4.26. The predicted octanol–water partition coefficient (Wildman–Crippen LogP) is 0.329. The van der Waals surface area contributed by atoms with Crippen molar-refractivity contribution in [2.24, 2.45) is 5.73 Å². The lowest BCUT2D eigenvalue weighted by atomic mass is 10.1. The van der Waals surface area contributed by atoms with Gasteiger partial charge in [0, 0.05) is 18.2 Å². The normalized spacial score (nSPS) is 11.2. The molecule has 0 aliphatic heterocycles. The minimum atomic E-state index is -3.49. The van der Waals surface area contributed by atoms with E-state index in [4.69, 9.17) is 5.73 Å². The average Bonchev–Trinajstić information content (AvgIpc) is 2.33. The van der Waals surface area contributed by atoms with Crippen LogP contribution in [0.5, 0.6) is 0 Å². The van der Waals surface area contributed by atoms with Crippen LogP contribution in [-0.2, 0) is 16.8 Å². The van der Waals surface area contributed by atoms with Gasteiger partial charge in [-0.3, -0.25) is 0 Å². The van der Waals surface area contributed by atoms with Crippen LogP contribution in [0.3, 0.4) is 0 Å². The van der Waals surface area contributed by atoms with Gasteiger partial charge in [0.25, 0.3) is 10.2 Å². The molecule has 6 heteroatoms. The minimum Gasteiger partial charge on any atom is -0.320 e. The van der Waals surface area contributed by atoms with Crippen molar-refractivity contribution in [3.63, 3.8) is 0 Å². The van der Waals surface area contributed by atoms with E-state index in [9.17, 15) is 8.42 Å². The standard InChI is InChI=1S/C13H19N3O2S/c1-11(2)16-19(17,18)15-10-13-7-4-3-6-12(13)8-5-9-14/h3-4,6-7,11,15-16H,9-10,14H2,1-2H3. The van der Waals surface area contributed by atoms with Crippen molar-refractivity contribution in [2.75, 3.05) is 6.54 Å². The molecule has 0 aliphatic rings. The second kappa shape index (κ2) is 7.26. The molecule has 0 amide bonds. The van der Waals surface area contributed by atoms with Crippen LogP contribution in [0.25, 0.3) is 0 Å². The fourth-order valence-electron chi connectivity index (χ4n) is 1.47. The summed E-state index contributed by atoms with van der Waals surface area (Å²) in [4.78, 5) is 0. The number of nitrogens with two attached hydrogens (primary N) is 1. The monoisotopic (exact) mass is 281 g/mol. The Morgan fingerprint density at radius 2 is 2.00 bits per heavy atom. The summed E-state index contributed by atoms with van der Waals surface area (Å²) in [5.41, 5.74) is 6.92. The zero-order valence-electron chi connectivity index (χ0n) is 11.1. The second-order valence-corrected chi connectivity index (χ2v) is 5.79. The van der Waals surface area contributed by atoms with Gasteiger partial charge in [-0.1, -0.05) is 30.0 Å². The molecular weight excluding hydrogens is 262 g/mol. The van der Waals surface area contributed by atoms with Crippen LogP contribution in [0.2, 0.25) is 0 Å². The molecule has 0 radical (unpaired) electrons. The lowest BCUT2D eigenvalue weighted by molar-refractivity contribution is 0.554. The Morgan fingerprint density at radius 1 is 1.32 bits per heavy atom. The third-order valence-corrected chi connectivity index (χ3v) is 3.49.